The number of rotatable bonds is 10. The molecule has 2 aromatic carbocycles. The molecule has 4 rings (SSSR count). The van der Waals surface area contributed by atoms with Crippen LogP contribution < -0.4 is 4.90 Å². The first-order valence-corrected chi connectivity index (χ1v) is 14.4. The number of benzene rings is 2. The number of halogens is 1. The second-order valence-corrected chi connectivity index (χ2v) is 12.5. The van der Waals surface area contributed by atoms with Crippen LogP contribution in [0, 0.1) is 6.92 Å². The van der Waals surface area contributed by atoms with E-state index in [4.69, 9.17) is 9.72 Å². The molecule has 1 amide bonds. The molecule has 1 aliphatic rings. The number of hydrogen-bond donors (Lipinski definition) is 0. The zero-order valence-electron chi connectivity index (χ0n) is 21.7. The van der Waals surface area contributed by atoms with E-state index in [0.29, 0.717) is 30.4 Å². The molecule has 0 saturated carbocycles. The van der Waals surface area contributed by atoms with Crippen LogP contribution in [0.5, 0.6) is 0 Å². The Bertz CT molecular complexity index is 1310. The van der Waals surface area contributed by atoms with Gasteiger partial charge in [0, 0.05) is 32.3 Å². The zero-order chi connectivity index (χ0) is 25.9. The van der Waals surface area contributed by atoms with Gasteiger partial charge in [-0.05, 0) is 82.7 Å². The average molecular weight is 567 g/mol. The summed E-state index contributed by atoms with van der Waals surface area (Å²) in [5.74, 6) is -0.192. The maximum Gasteiger partial charge on any atom is 0.260 e. The third-order valence-corrected chi connectivity index (χ3v) is 9.25. The smallest absolute Gasteiger partial charge is 0.260 e. The molecule has 2 heterocycles. The first kappa shape index (κ1) is 29.5. The highest BCUT2D eigenvalue weighted by atomic mass is 35.5. The third kappa shape index (κ3) is 6.87. The van der Waals surface area contributed by atoms with Crippen molar-refractivity contribution in [3.05, 3.63) is 53.6 Å². The predicted molar refractivity (Wildman–Crippen MR) is 152 cm³/mol. The molecule has 8 nitrogen and oxygen atoms in total. The fourth-order valence-electron chi connectivity index (χ4n) is 4.30. The van der Waals surface area contributed by atoms with Crippen LogP contribution in [0.3, 0.4) is 0 Å². The first-order chi connectivity index (χ1) is 17.2. The van der Waals surface area contributed by atoms with Gasteiger partial charge in [-0.25, -0.2) is 13.4 Å². The Morgan fingerprint density at radius 1 is 1.11 bits per heavy atom. The van der Waals surface area contributed by atoms with Crippen LogP contribution in [-0.4, -0.2) is 82.0 Å². The van der Waals surface area contributed by atoms with Gasteiger partial charge in [0.05, 0.1) is 21.2 Å². The maximum absolute atomic E-state index is 13.6. The minimum atomic E-state index is -3.67. The monoisotopic (exact) mass is 566 g/mol. The fourth-order valence-corrected chi connectivity index (χ4v) is 6.57. The minimum Gasteiger partial charge on any atom is -0.377 e. The van der Waals surface area contributed by atoms with Crippen molar-refractivity contribution in [2.24, 2.45) is 0 Å². The third-order valence-electron chi connectivity index (χ3n) is 6.37. The molecule has 11 heteroatoms. The van der Waals surface area contributed by atoms with E-state index in [1.54, 1.807) is 24.1 Å². The Labute approximate surface area is 229 Å². The lowest BCUT2D eigenvalue weighted by atomic mass is 10.2. The minimum absolute atomic E-state index is 0. The fraction of sp³-hybridized carbons (Fsp3) is 0.462. The van der Waals surface area contributed by atoms with Crippen molar-refractivity contribution in [2.45, 2.75) is 37.2 Å². The highest BCUT2D eigenvalue weighted by molar-refractivity contribution is 7.89. The lowest BCUT2D eigenvalue weighted by molar-refractivity contribution is 0.0978. The van der Waals surface area contributed by atoms with Gasteiger partial charge in [0.25, 0.3) is 5.91 Å². The van der Waals surface area contributed by atoms with Crippen molar-refractivity contribution >= 4 is 55.0 Å². The maximum atomic E-state index is 13.6. The Morgan fingerprint density at radius 3 is 2.46 bits per heavy atom. The Kier molecular flexibility index (Phi) is 10.1. The molecule has 3 aromatic rings. The summed E-state index contributed by atoms with van der Waals surface area (Å²) in [6.07, 6.45) is 2.53. The molecular weight excluding hydrogens is 532 g/mol. The number of fused-ring (bicyclic) bond motifs is 1. The molecule has 1 unspecified atom stereocenters. The average Bonchev–Trinajstić information content (AvgIpc) is 3.52. The number of anilines is 1. The van der Waals surface area contributed by atoms with Crippen LogP contribution in [-0.2, 0) is 14.8 Å². The van der Waals surface area contributed by atoms with Gasteiger partial charge < -0.3 is 9.64 Å². The highest BCUT2D eigenvalue weighted by Gasteiger charge is 2.27. The number of hydrogen-bond acceptors (Lipinski definition) is 7. The SMILES string of the molecule is Cc1cccc2sc(N(CCCN(C)C)C(=O)c3ccc(S(=O)(=O)N(C)CC4CCCO4)cc3)nc12.Cl. The molecule has 1 aromatic heterocycles. The van der Waals surface area contributed by atoms with Gasteiger partial charge in [0.1, 0.15) is 0 Å². The van der Waals surface area contributed by atoms with Gasteiger partial charge in [-0.15, -0.1) is 12.4 Å². The van der Waals surface area contributed by atoms with Crippen molar-refractivity contribution in [1.29, 1.82) is 0 Å². The number of carbonyl (C=O) groups is 1. The van der Waals surface area contributed by atoms with E-state index >= 15 is 0 Å². The molecule has 1 fully saturated rings. The van der Waals surface area contributed by atoms with Crippen LogP contribution in [0.2, 0.25) is 0 Å². The predicted octanol–water partition coefficient (Wildman–Crippen LogP) is 4.42. The molecular formula is C26H35ClN4O4S2. The summed E-state index contributed by atoms with van der Waals surface area (Å²) in [7, 11) is 1.90. The number of aromatic nitrogens is 1. The van der Waals surface area contributed by atoms with Crippen molar-refractivity contribution in [1.82, 2.24) is 14.2 Å². The topological polar surface area (TPSA) is 83.1 Å². The van der Waals surface area contributed by atoms with Gasteiger partial charge in [-0.2, -0.15) is 4.31 Å². The van der Waals surface area contributed by atoms with E-state index in [1.807, 2.05) is 39.2 Å². The van der Waals surface area contributed by atoms with Crippen molar-refractivity contribution < 1.29 is 17.9 Å². The van der Waals surface area contributed by atoms with Crippen LogP contribution in [0.15, 0.2) is 47.4 Å². The molecule has 37 heavy (non-hydrogen) atoms. The lowest BCUT2D eigenvalue weighted by Gasteiger charge is -2.22. The summed E-state index contributed by atoms with van der Waals surface area (Å²) >= 11 is 1.49. The van der Waals surface area contributed by atoms with E-state index in [-0.39, 0.29) is 29.3 Å². The molecule has 1 aliphatic heterocycles. The van der Waals surface area contributed by atoms with E-state index in [0.717, 1.165) is 41.6 Å². The number of thiazole rings is 1. The van der Waals surface area contributed by atoms with E-state index in [1.165, 1.54) is 27.8 Å². The van der Waals surface area contributed by atoms with E-state index in [9.17, 15) is 13.2 Å². The quantitative estimate of drug-likeness (QED) is 0.361. The van der Waals surface area contributed by atoms with Crippen molar-refractivity contribution in [3.8, 4) is 0 Å². The number of aryl methyl sites for hydroxylation is 1. The molecule has 0 radical (unpaired) electrons. The van der Waals surface area contributed by atoms with E-state index < -0.39 is 10.0 Å². The van der Waals surface area contributed by atoms with Crippen LogP contribution in [0.4, 0.5) is 5.13 Å². The molecule has 1 saturated heterocycles. The number of carbonyl (C=O) groups excluding carboxylic acids is 1. The second kappa shape index (κ2) is 12.6. The summed E-state index contributed by atoms with van der Waals surface area (Å²) in [6, 6.07) is 12.2. The molecule has 0 spiro atoms. The summed E-state index contributed by atoms with van der Waals surface area (Å²) in [4.78, 5) is 22.3. The second-order valence-electron chi connectivity index (χ2n) is 9.48. The largest absolute Gasteiger partial charge is 0.377 e. The van der Waals surface area contributed by atoms with Gasteiger partial charge in [-0.1, -0.05) is 23.5 Å². The number of amides is 1. The highest BCUT2D eigenvalue weighted by Crippen LogP contribution is 2.31. The molecule has 0 N–H and O–H groups in total. The van der Waals surface area contributed by atoms with Gasteiger partial charge in [-0.3, -0.25) is 9.69 Å². The van der Waals surface area contributed by atoms with Gasteiger partial charge in [0.15, 0.2) is 5.13 Å². The van der Waals surface area contributed by atoms with Crippen LogP contribution in [0.25, 0.3) is 10.2 Å². The number of para-hydroxylation sites is 1. The van der Waals surface area contributed by atoms with Gasteiger partial charge in [0.2, 0.25) is 10.0 Å². The normalized spacial score (nSPS) is 15.9. The van der Waals surface area contributed by atoms with Crippen LogP contribution in [0.1, 0.15) is 35.2 Å². The summed E-state index contributed by atoms with van der Waals surface area (Å²) in [5.41, 5.74) is 2.40. The summed E-state index contributed by atoms with van der Waals surface area (Å²) in [5, 5.41) is 0.649. The molecule has 0 bridgehead atoms. The van der Waals surface area contributed by atoms with Crippen LogP contribution >= 0.6 is 23.7 Å². The molecule has 202 valence electrons. The number of likely N-dealkylation sites (N-methyl/N-ethyl adjacent to an activating group) is 1. The Hall–Kier alpha value is -2.08. The summed E-state index contributed by atoms with van der Waals surface area (Å²) < 4.78 is 34.1. The van der Waals surface area contributed by atoms with E-state index in [2.05, 4.69) is 4.90 Å². The first-order valence-electron chi connectivity index (χ1n) is 12.2. The number of nitrogens with zero attached hydrogens (tertiary/aromatic N) is 4. The lowest BCUT2D eigenvalue weighted by Crippen LogP contribution is -2.34. The standard InChI is InChI=1S/C26H34N4O4S2.ClH/c1-19-8-5-10-23-24(19)27-26(35-23)30(16-7-15-28(2)3)25(31)20-11-13-22(14-12-20)36(32,33)29(4)18-21-9-6-17-34-21;/h5,8,10-14,21H,6-7,9,15-18H2,1-4H3;1H. The summed E-state index contributed by atoms with van der Waals surface area (Å²) in [6.45, 7) is 4.36. The number of ether oxygens (including phenoxy) is 1. The van der Waals surface area contributed by atoms with Crippen molar-refractivity contribution in [2.75, 3.05) is 52.3 Å². The number of sulfonamides is 1. The Balaban J connectivity index is 0.00000380. The molecule has 0 aliphatic carbocycles. The van der Waals surface area contributed by atoms with Crippen molar-refractivity contribution in [3.63, 3.8) is 0 Å². The molecule has 1 atom stereocenters. The zero-order valence-corrected chi connectivity index (χ0v) is 24.2. The van der Waals surface area contributed by atoms with Gasteiger partial charge >= 0.3 is 0 Å². The Morgan fingerprint density at radius 2 is 1.84 bits per heavy atom.